The van der Waals surface area contributed by atoms with Crippen LogP contribution >= 0.6 is 0 Å². The summed E-state index contributed by atoms with van der Waals surface area (Å²) in [5.41, 5.74) is 0.155. The molecule has 0 amide bonds. The summed E-state index contributed by atoms with van der Waals surface area (Å²) in [4.78, 5) is 32.7. The van der Waals surface area contributed by atoms with Gasteiger partial charge in [0.2, 0.25) is 0 Å². The largest absolute Gasteiger partial charge is 0.368 e. The lowest BCUT2D eigenvalue weighted by Crippen LogP contribution is -2.30. The van der Waals surface area contributed by atoms with Crippen LogP contribution in [0.1, 0.15) is 12.6 Å². The number of nitrogens with one attached hydrogen (secondary N) is 2. The number of hydrogen-bond acceptors (Lipinski definition) is 5. The average molecular weight is 261 g/mol. The molecule has 2 N–H and O–H groups in total. The number of aromatic amines is 1. The predicted molar refractivity (Wildman–Crippen MR) is 71.2 cm³/mol. The van der Waals surface area contributed by atoms with Gasteiger partial charge in [-0.1, -0.05) is 6.92 Å². The minimum absolute atomic E-state index is 0.391. The Morgan fingerprint density at radius 1 is 1.37 bits per heavy atom. The van der Waals surface area contributed by atoms with Crippen molar-refractivity contribution in [2.24, 2.45) is 0 Å². The van der Waals surface area contributed by atoms with Gasteiger partial charge in [-0.2, -0.15) is 0 Å². The van der Waals surface area contributed by atoms with Gasteiger partial charge in [0.05, 0.1) is 0 Å². The highest BCUT2D eigenvalue weighted by Crippen LogP contribution is 2.03. The van der Waals surface area contributed by atoms with Crippen molar-refractivity contribution >= 4 is 5.82 Å². The fourth-order valence-electron chi connectivity index (χ4n) is 1.61. The fraction of sp³-hybridized carbons (Fsp3) is 0.333. The highest BCUT2D eigenvalue weighted by atomic mass is 16.2. The summed E-state index contributed by atoms with van der Waals surface area (Å²) in [6, 6.07) is 3.19. The lowest BCUT2D eigenvalue weighted by molar-refractivity contribution is 0.668. The molecule has 0 saturated heterocycles. The quantitative estimate of drug-likeness (QED) is 0.790. The molecule has 0 saturated carbocycles. The molecule has 2 aromatic rings. The van der Waals surface area contributed by atoms with E-state index in [1.54, 1.807) is 0 Å². The first kappa shape index (κ1) is 13.0. The molecule has 0 radical (unpaired) electrons. The van der Waals surface area contributed by atoms with E-state index in [0.717, 1.165) is 17.9 Å². The van der Waals surface area contributed by atoms with E-state index >= 15 is 0 Å². The Morgan fingerprint density at radius 3 is 2.95 bits per heavy atom. The molecular weight excluding hydrogens is 246 g/mol. The molecule has 2 aromatic heterocycles. The Kier molecular flexibility index (Phi) is 4.07. The highest BCUT2D eigenvalue weighted by molar-refractivity contribution is 5.34. The zero-order valence-corrected chi connectivity index (χ0v) is 10.6. The third kappa shape index (κ3) is 3.51. The molecule has 0 unspecified atom stereocenters. The second-order valence-electron chi connectivity index (χ2n) is 3.98. The SMILES string of the molecule is CCc1cc(NCCn2ccc(=O)[nH]c2=O)ncn1. The van der Waals surface area contributed by atoms with Crippen LogP contribution in [0.3, 0.4) is 0 Å². The molecule has 19 heavy (non-hydrogen) atoms. The van der Waals surface area contributed by atoms with Crippen molar-refractivity contribution in [3.63, 3.8) is 0 Å². The normalized spacial score (nSPS) is 10.4. The van der Waals surface area contributed by atoms with Crippen LogP contribution in [0.4, 0.5) is 5.82 Å². The molecule has 0 aliphatic carbocycles. The number of nitrogens with zero attached hydrogens (tertiary/aromatic N) is 3. The molecule has 0 bridgehead atoms. The summed E-state index contributed by atoms with van der Waals surface area (Å²) < 4.78 is 1.43. The maximum Gasteiger partial charge on any atom is 0.328 e. The van der Waals surface area contributed by atoms with Crippen molar-refractivity contribution in [3.05, 3.63) is 51.2 Å². The Labute approximate surface area is 109 Å². The van der Waals surface area contributed by atoms with Crippen LogP contribution < -0.4 is 16.6 Å². The molecular formula is C12H15N5O2. The molecule has 0 atom stereocenters. The maximum absolute atomic E-state index is 11.4. The Hall–Kier alpha value is -2.44. The molecule has 2 rings (SSSR count). The Balaban J connectivity index is 1.96. The maximum atomic E-state index is 11.4. The molecule has 2 heterocycles. The molecule has 0 fully saturated rings. The van der Waals surface area contributed by atoms with E-state index < -0.39 is 11.2 Å². The molecule has 0 aliphatic heterocycles. The second-order valence-corrected chi connectivity index (χ2v) is 3.98. The third-order valence-electron chi connectivity index (χ3n) is 2.64. The first-order valence-corrected chi connectivity index (χ1v) is 6.03. The monoisotopic (exact) mass is 261 g/mol. The summed E-state index contributed by atoms with van der Waals surface area (Å²) in [6.45, 7) is 3.00. The van der Waals surface area contributed by atoms with Gasteiger partial charge in [0.25, 0.3) is 5.56 Å². The number of aryl methyl sites for hydroxylation is 1. The second kappa shape index (κ2) is 5.94. The first-order chi connectivity index (χ1) is 9.19. The van der Waals surface area contributed by atoms with Crippen LogP contribution in [0, 0.1) is 0 Å². The zero-order chi connectivity index (χ0) is 13.7. The molecule has 7 heteroatoms. The van der Waals surface area contributed by atoms with Crippen molar-refractivity contribution in [1.82, 2.24) is 19.5 Å². The van der Waals surface area contributed by atoms with Crippen molar-refractivity contribution < 1.29 is 0 Å². The van der Waals surface area contributed by atoms with Crippen LogP contribution in [0.2, 0.25) is 0 Å². The number of anilines is 1. The van der Waals surface area contributed by atoms with Crippen molar-refractivity contribution in [2.75, 3.05) is 11.9 Å². The van der Waals surface area contributed by atoms with E-state index in [1.807, 2.05) is 13.0 Å². The topological polar surface area (TPSA) is 92.7 Å². The van der Waals surface area contributed by atoms with Gasteiger partial charge in [0.15, 0.2) is 0 Å². The van der Waals surface area contributed by atoms with Crippen LogP contribution in [0.15, 0.2) is 34.2 Å². The van der Waals surface area contributed by atoms with Crippen LogP contribution in [0.25, 0.3) is 0 Å². The molecule has 0 aliphatic rings. The Bertz CT molecular complexity index is 661. The van der Waals surface area contributed by atoms with Gasteiger partial charge >= 0.3 is 5.69 Å². The lowest BCUT2D eigenvalue weighted by Gasteiger charge is -2.07. The van der Waals surface area contributed by atoms with E-state index in [1.165, 1.54) is 23.2 Å². The van der Waals surface area contributed by atoms with Gasteiger partial charge in [-0.3, -0.25) is 14.3 Å². The molecule has 0 spiro atoms. The van der Waals surface area contributed by atoms with Crippen molar-refractivity contribution in [3.8, 4) is 0 Å². The number of hydrogen-bond donors (Lipinski definition) is 2. The Morgan fingerprint density at radius 2 is 2.21 bits per heavy atom. The lowest BCUT2D eigenvalue weighted by atomic mass is 10.3. The number of aromatic nitrogens is 4. The standard InChI is InChI=1S/C12H15N5O2/c1-2-9-7-10(15-8-14-9)13-4-6-17-5-3-11(18)16-12(17)19/h3,5,7-8H,2,4,6H2,1H3,(H,13,14,15)(H,16,18,19). The van der Waals surface area contributed by atoms with Gasteiger partial charge < -0.3 is 5.32 Å². The van der Waals surface area contributed by atoms with E-state index in [4.69, 9.17) is 0 Å². The molecule has 100 valence electrons. The number of H-pyrrole nitrogens is 1. The summed E-state index contributed by atoms with van der Waals surface area (Å²) in [5, 5.41) is 3.11. The molecule has 7 nitrogen and oxygen atoms in total. The van der Waals surface area contributed by atoms with Crippen LogP contribution in [0.5, 0.6) is 0 Å². The van der Waals surface area contributed by atoms with Crippen LogP contribution in [-0.4, -0.2) is 26.1 Å². The van der Waals surface area contributed by atoms with Gasteiger partial charge in [-0.05, 0) is 6.42 Å². The molecule has 0 aromatic carbocycles. The summed E-state index contributed by atoms with van der Waals surface area (Å²) in [6.07, 6.45) is 3.82. The number of rotatable bonds is 5. The summed E-state index contributed by atoms with van der Waals surface area (Å²) >= 11 is 0. The highest BCUT2D eigenvalue weighted by Gasteiger charge is 1.98. The van der Waals surface area contributed by atoms with E-state index in [2.05, 4.69) is 20.3 Å². The van der Waals surface area contributed by atoms with Crippen molar-refractivity contribution in [2.45, 2.75) is 19.9 Å². The van der Waals surface area contributed by atoms with E-state index in [-0.39, 0.29) is 0 Å². The minimum Gasteiger partial charge on any atom is -0.368 e. The third-order valence-corrected chi connectivity index (χ3v) is 2.64. The van der Waals surface area contributed by atoms with E-state index in [9.17, 15) is 9.59 Å². The minimum atomic E-state index is -0.411. The van der Waals surface area contributed by atoms with E-state index in [0.29, 0.717) is 13.1 Å². The predicted octanol–water partition coefficient (Wildman–Crippen LogP) is 0.00110. The smallest absolute Gasteiger partial charge is 0.328 e. The first-order valence-electron chi connectivity index (χ1n) is 6.03. The fourth-order valence-corrected chi connectivity index (χ4v) is 1.61. The van der Waals surface area contributed by atoms with Gasteiger partial charge in [0, 0.05) is 37.1 Å². The van der Waals surface area contributed by atoms with Gasteiger partial charge in [0.1, 0.15) is 12.1 Å². The summed E-state index contributed by atoms with van der Waals surface area (Å²) in [5.74, 6) is 0.726. The van der Waals surface area contributed by atoms with Crippen molar-refractivity contribution in [1.29, 1.82) is 0 Å². The summed E-state index contributed by atoms with van der Waals surface area (Å²) in [7, 11) is 0. The zero-order valence-electron chi connectivity index (χ0n) is 10.6. The van der Waals surface area contributed by atoms with Gasteiger partial charge in [-0.15, -0.1) is 0 Å². The average Bonchev–Trinajstić information content (AvgIpc) is 2.41. The van der Waals surface area contributed by atoms with Crippen LogP contribution in [-0.2, 0) is 13.0 Å². The van der Waals surface area contributed by atoms with Gasteiger partial charge in [-0.25, -0.2) is 14.8 Å².